The van der Waals surface area contributed by atoms with Crippen LogP contribution in [0.15, 0.2) is 35.4 Å². The van der Waals surface area contributed by atoms with E-state index in [0.29, 0.717) is 16.2 Å². The van der Waals surface area contributed by atoms with Crippen molar-refractivity contribution in [2.24, 2.45) is 5.92 Å². The summed E-state index contributed by atoms with van der Waals surface area (Å²) in [5, 5.41) is 0.683. The van der Waals surface area contributed by atoms with Crippen LogP contribution in [0.3, 0.4) is 0 Å². The maximum absolute atomic E-state index is 12.6. The molecule has 0 amide bonds. The van der Waals surface area contributed by atoms with Crippen molar-refractivity contribution < 1.29 is 8.42 Å². The number of benzene rings is 1. The highest BCUT2D eigenvalue weighted by atomic mass is 32.2. The number of aromatic nitrogens is 1. The van der Waals surface area contributed by atoms with Gasteiger partial charge in [0.1, 0.15) is 0 Å². The molecule has 1 atom stereocenters. The fraction of sp³-hybridized carbons (Fsp3) is 0.400. The molecule has 0 spiro atoms. The van der Waals surface area contributed by atoms with E-state index in [1.54, 1.807) is 18.3 Å². The van der Waals surface area contributed by atoms with E-state index in [1.165, 1.54) is 0 Å². The van der Waals surface area contributed by atoms with Crippen LogP contribution in [-0.2, 0) is 10.0 Å². The Labute approximate surface area is 119 Å². The van der Waals surface area contributed by atoms with Gasteiger partial charge >= 0.3 is 0 Å². The highest BCUT2D eigenvalue weighted by molar-refractivity contribution is 7.89. The number of hydrogen-bond donors (Lipinski definition) is 1. The van der Waals surface area contributed by atoms with Crippen molar-refractivity contribution >= 4 is 20.9 Å². The predicted octanol–water partition coefficient (Wildman–Crippen LogP) is 2.62. The molecule has 1 aliphatic carbocycles. The highest BCUT2D eigenvalue weighted by Crippen LogP contribution is 2.33. The summed E-state index contributed by atoms with van der Waals surface area (Å²) in [4.78, 5) is 4.61. The molecule has 5 heteroatoms. The Balaban J connectivity index is 2.07. The molecule has 0 saturated heterocycles. The molecule has 20 heavy (non-hydrogen) atoms. The molecule has 1 aromatic heterocycles. The minimum Gasteiger partial charge on any atom is -0.256 e. The minimum atomic E-state index is -3.50. The van der Waals surface area contributed by atoms with Gasteiger partial charge in [-0.15, -0.1) is 0 Å². The summed E-state index contributed by atoms with van der Waals surface area (Å²) in [6, 6.07) is 7.05. The number of hydrogen-bond acceptors (Lipinski definition) is 3. The van der Waals surface area contributed by atoms with Crippen LogP contribution >= 0.6 is 0 Å². The van der Waals surface area contributed by atoms with Crippen molar-refractivity contribution in [2.75, 3.05) is 0 Å². The van der Waals surface area contributed by atoms with Crippen LogP contribution in [0.4, 0.5) is 0 Å². The molecule has 0 radical (unpaired) electrons. The largest absolute Gasteiger partial charge is 0.256 e. The van der Waals surface area contributed by atoms with Crippen LogP contribution in [0.2, 0.25) is 0 Å². The van der Waals surface area contributed by atoms with Crippen LogP contribution < -0.4 is 4.72 Å². The lowest BCUT2D eigenvalue weighted by Gasteiger charge is -2.15. The van der Waals surface area contributed by atoms with Gasteiger partial charge in [0, 0.05) is 17.6 Å². The Bertz CT molecular complexity index is 752. The smallest absolute Gasteiger partial charge is 0.241 e. The van der Waals surface area contributed by atoms with Crippen molar-refractivity contribution in [3.05, 3.63) is 36.0 Å². The van der Waals surface area contributed by atoms with E-state index in [0.717, 1.165) is 23.9 Å². The van der Waals surface area contributed by atoms with Gasteiger partial charge in [0.05, 0.1) is 10.4 Å². The summed E-state index contributed by atoms with van der Waals surface area (Å²) in [7, 11) is -3.50. The lowest BCUT2D eigenvalue weighted by molar-refractivity contribution is 0.539. The second-order valence-electron chi connectivity index (χ2n) is 5.53. The van der Waals surface area contributed by atoms with Gasteiger partial charge in [-0.1, -0.05) is 6.07 Å². The number of pyridine rings is 1. The molecule has 1 saturated carbocycles. The summed E-state index contributed by atoms with van der Waals surface area (Å²) in [5.41, 5.74) is 1.73. The molecule has 0 unspecified atom stereocenters. The zero-order chi connectivity index (χ0) is 14.3. The van der Waals surface area contributed by atoms with Crippen molar-refractivity contribution in [1.29, 1.82) is 0 Å². The van der Waals surface area contributed by atoms with E-state index < -0.39 is 10.0 Å². The first-order valence-electron chi connectivity index (χ1n) is 6.86. The zero-order valence-corrected chi connectivity index (χ0v) is 12.4. The van der Waals surface area contributed by atoms with Gasteiger partial charge in [0.25, 0.3) is 0 Å². The standard InChI is InChI=1S/C15H18N2O2S/c1-10-5-8-14(13-4-3-9-16-15(10)13)20(18,19)17-11(2)12-6-7-12/h3-5,8-9,11-12,17H,6-7H2,1-2H3/t11-/m0/s1. The fourth-order valence-electron chi connectivity index (χ4n) is 2.52. The maximum Gasteiger partial charge on any atom is 0.241 e. The monoisotopic (exact) mass is 290 g/mol. The van der Waals surface area contributed by atoms with E-state index >= 15 is 0 Å². The summed E-state index contributed by atoms with van der Waals surface area (Å²) in [6.45, 7) is 3.87. The van der Waals surface area contributed by atoms with Crippen LogP contribution in [0, 0.1) is 12.8 Å². The molecule has 1 aliphatic rings. The fourth-order valence-corrected chi connectivity index (χ4v) is 4.03. The van der Waals surface area contributed by atoms with Crippen LogP contribution in [-0.4, -0.2) is 19.4 Å². The summed E-state index contributed by atoms with van der Waals surface area (Å²) < 4.78 is 27.9. The molecule has 0 bridgehead atoms. The van der Waals surface area contributed by atoms with Gasteiger partial charge in [0.2, 0.25) is 10.0 Å². The maximum atomic E-state index is 12.6. The van der Waals surface area contributed by atoms with Crippen molar-refractivity contribution in [3.8, 4) is 0 Å². The van der Waals surface area contributed by atoms with Crippen molar-refractivity contribution in [2.45, 2.75) is 37.6 Å². The number of aryl methyl sites for hydroxylation is 1. The lowest BCUT2D eigenvalue weighted by Crippen LogP contribution is -2.34. The molecule has 0 aliphatic heterocycles. The van der Waals surface area contributed by atoms with Crippen molar-refractivity contribution in [1.82, 2.24) is 9.71 Å². The summed E-state index contributed by atoms with van der Waals surface area (Å²) >= 11 is 0. The van der Waals surface area contributed by atoms with E-state index in [4.69, 9.17) is 0 Å². The number of nitrogens with zero attached hydrogens (tertiary/aromatic N) is 1. The Hall–Kier alpha value is -1.46. The first-order valence-corrected chi connectivity index (χ1v) is 8.34. The van der Waals surface area contributed by atoms with Crippen LogP contribution in [0.25, 0.3) is 10.9 Å². The van der Waals surface area contributed by atoms with Crippen LogP contribution in [0.5, 0.6) is 0 Å². The predicted molar refractivity (Wildman–Crippen MR) is 79.0 cm³/mol. The molecule has 2 aromatic rings. The van der Waals surface area contributed by atoms with E-state index in [2.05, 4.69) is 9.71 Å². The molecular formula is C15H18N2O2S. The SMILES string of the molecule is Cc1ccc(S(=O)(=O)N[C@@H](C)C2CC2)c2cccnc12. The average molecular weight is 290 g/mol. The molecule has 1 heterocycles. The molecule has 1 N–H and O–H groups in total. The number of fused-ring (bicyclic) bond motifs is 1. The molecule has 3 rings (SSSR count). The second-order valence-corrected chi connectivity index (χ2v) is 7.21. The lowest BCUT2D eigenvalue weighted by atomic mass is 10.1. The number of rotatable bonds is 4. The van der Waals surface area contributed by atoms with Crippen molar-refractivity contribution in [3.63, 3.8) is 0 Å². The molecular weight excluding hydrogens is 272 g/mol. The third-order valence-corrected chi connectivity index (χ3v) is 5.51. The average Bonchev–Trinajstić information content (AvgIpc) is 3.23. The van der Waals surface area contributed by atoms with E-state index in [-0.39, 0.29) is 6.04 Å². The number of nitrogens with one attached hydrogen (secondary N) is 1. The normalized spacial score (nSPS) is 17.3. The highest BCUT2D eigenvalue weighted by Gasteiger charge is 2.31. The molecule has 106 valence electrons. The van der Waals surface area contributed by atoms with Crippen LogP contribution in [0.1, 0.15) is 25.3 Å². The van der Waals surface area contributed by atoms with Gasteiger partial charge in [-0.3, -0.25) is 4.98 Å². The third-order valence-electron chi connectivity index (χ3n) is 3.89. The minimum absolute atomic E-state index is 0.00646. The Morgan fingerprint density at radius 2 is 2.05 bits per heavy atom. The zero-order valence-electron chi connectivity index (χ0n) is 11.6. The second kappa shape index (κ2) is 4.82. The van der Waals surface area contributed by atoms with Gasteiger partial charge in [-0.05, 0) is 56.4 Å². The van der Waals surface area contributed by atoms with E-state index in [9.17, 15) is 8.42 Å². The van der Waals surface area contributed by atoms with Gasteiger partial charge in [-0.25, -0.2) is 13.1 Å². The Morgan fingerprint density at radius 1 is 1.30 bits per heavy atom. The number of sulfonamides is 1. The van der Waals surface area contributed by atoms with Gasteiger partial charge in [-0.2, -0.15) is 0 Å². The summed E-state index contributed by atoms with van der Waals surface area (Å²) in [5.74, 6) is 0.486. The molecule has 1 fully saturated rings. The molecule has 4 nitrogen and oxygen atoms in total. The summed E-state index contributed by atoms with van der Waals surface area (Å²) in [6.07, 6.45) is 3.91. The third kappa shape index (κ3) is 2.43. The topological polar surface area (TPSA) is 59.1 Å². The Kier molecular flexibility index (Phi) is 3.26. The van der Waals surface area contributed by atoms with E-state index in [1.807, 2.05) is 26.0 Å². The first-order chi connectivity index (χ1) is 9.49. The quantitative estimate of drug-likeness (QED) is 0.941. The molecule has 1 aromatic carbocycles. The van der Waals surface area contributed by atoms with Gasteiger partial charge in [0.15, 0.2) is 0 Å². The first kappa shape index (κ1) is 13.5. The Morgan fingerprint density at radius 3 is 2.75 bits per heavy atom. The van der Waals surface area contributed by atoms with Gasteiger partial charge < -0.3 is 0 Å².